The van der Waals surface area contributed by atoms with Crippen molar-refractivity contribution in [3.8, 4) is 0 Å². The lowest BCUT2D eigenvalue weighted by atomic mass is 9.82. The van der Waals surface area contributed by atoms with Crippen molar-refractivity contribution >= 4 is 23.2 Å². The number of carboxylic acids is 1. The molecule has 5 heteroatoms. The van der Waals surface area contributed by atoms with Gasteiger partial charge in [-0.2, -0.15) is 0 Å². The molecule has 20 heavy (non-hydrogen) atoms. The van der Waals surface area contributed by atoms with Crippen LogP contribution in [-0.2, 0) is 11.2 Å². The predicted molar refractivity (Wildman–Crippen MR) is 79.1 cm³/mol. The second-order valence-corrected chi connectivity index (χ2v) is 6.55. The molecule has 1 heterocycles. The minimum absolute atomic E-state index is 0.00458. The molecule has 0 unspecified atom stereocenters. The summed E-state index contributed by atoms with van der Waals surface area (Å²) in [5.74, 6) is -0.459. The molecule has 1 saturated carbocycles. The maximum Gasteiger partial charge on any atom is 0.306 e. The molecule has 0 saturated heterocycles. The molecule has 0 aliphatic heterocycles. The van der Waals surface area contributed by atoms with Gasteiger partial charge in [0.1, 0.15) is 0 Å². The number of aliphatic carboxylic acids is 1. The van der Waals surface area contributed by atoms with E-state index >= 15 is 0 Å². The van der Waals surface area contributed by atoms with Crippen LogP contribution in [0.3, 0.4) is 0 Å². The number of carboxylic acid groups (broad SMARTS) is 1. The van der Waals surface area contributed by atoms with E-state index in [-0.39, 0.29) is 11.8 Å². The van der Waals surface area contributed by atoms with Crippen LogP contribution in [0, 0.1) is 11.8 Å². The van der Waals surface area contributed by atoms with Crippen LogP contribution in [0.5, 0.6) is 0 Å². The van der Waals surface area contributed by atoms with Gasteiger partial charge < -0.3 is 10.4 Å². The van der Waals surface area contributed by atoms with Crippen molar-refractivity contribution in [3.63, 3.8) is 0 Å². The van der Waals surface area contributed by atoms with Crippen LogP contribution in [0.15, 0.2) is 12.1 Å². The number of nitrogens with one attached hydrogen (secondary N) is 1. The van der Waals surface area contributed by atoms with Crippen molar-refractivity contribution in [1.82, 2.24) is 5.32 Å². The Bertz CT molecular complexity index is 475. The van der Waals surface area contributed by atoms with Crippen molar-refractivity contribution in [3.05, 3.63) is 21.9 Å². The second kappa shape index (κ2) is 6.88. The summed E-state index contributed by atoms with van der Waals surface area (Å²) < 4.78 is 0. The van der Waals surface area contributed by atoms with Gasteiger partial charge in [-0.05, 0) is 50.2 Å². The molecule has 0 bridgehead atoms. The number of carbonyl (C=O) groups excluding carboxylic acids is 1. The largest absolute Gasteiger partial charge is 0.481 e. The zero-order valence-electron chi connectivity index (χ0n) is 11.7. The minimum atomic E-state index is -0.682. The average molecular weight is 295 g/mol. The number of hydrogen-bond acceptors (Lipinski definition) is 3. The smallest absolute Gasteiger partial charge is 0.306 e. The molecule has 2 N–H and O–H groups in total. The van der Waals surface area contributed by atoms with Crippen LogP contribution < -0.4 is 5.32 Å². The summed E-state index contributed by atoms with van der Waals surface area (Å²) in [6.45, 7) is 2.74. The molecule has 0 atom stereocenters. The molecule has 1 aromatic heterocycles. The molecule has 1 fully saturated rings. The van der Waals surface area contributed by atoms with Crippen LogP contribution in [0.1, 0.15) is 47.2 Å². The summed E-state index contributed by atoms with van der Waals surface area (Å²) >= 11 is 1.54. The Morgan fingerprint density at radius 2 is 2.00 bits per heavy atom. The summed E-state index contributed by atoms with van der Waals surface area (Å²) in [6.07, 6.45) is 4.20. The maximum absolute atomic E-state index is 12.0. The standard InChI is InChI=1S/C15H21NO3S/c1-2-12-7-8-13(20-12)14(17)16-9-10-3-5-11(6-4-10)15(18)19/h7-8,10-11H,2-6,9H2,1H3,(H,16,17)(H,18,19). The van der Waals surface area contributed by atoms with E-state index in [4.69, 9.17) is 5.11 Å². The number of aryl methyl sites for hydroxylation is 1. The lowest BCUT2D eigenvalue weighted by molar-refractivity contribution is -0.143. The van der Waals surface area contributed by atoms with Crippen LogP contribution in [0.2, 0.25) is 0 Å². The third-order valence-corrected chi connectivity index (χ3v) is 5.21. The molecular formula is C15H21NO3S. The van der Waals surface area contributed by atoms with Crippen molar-refractivity contribution < 1.29 is 14.7 Å². The van der Waals surface area contributed by atoms with Gasteiger partial charge in [0.05, 0.1) is 10.8 Å². The van der Waals surface area contributed by atoms with Gasteiger partial charge >= 0.3 is 5.97 Å². The van der Waals surface area contributed by atoms with Crippen LogP contribution >= 0.6 is 11.3 Å². The van der Waals surface area contributed by atoms with Crippen molar-refractivity contribution in [2.24, 2.45) is 11.8 Å². The monoisotopic (exact) mass is 295 g/mol. The van der Waals surface area contributed by atoms with Gasteiger partial charge in [-0.3, -0.25) is 9.59 Å². The third kappa shape index (κ3) is 3.82. The zero-order valence-corrected chi connectivity index (χ0v) is 12.5. The average Bonchev–Trinajstić information content (AvgIpc) is 2.94. The van der Waals surface area contributed by atoms with Gasteiger partial charge in [-0.15, -0.1) is 11.3 Å². The van der Waals surface area contributed by atoms with E-state index < -0.39 is 5.97 Å². The Labute approximate surface area is 123 Å². The van der Waals surface area contributed by atoms with E-state index in [1.165, 1.54) is 4.88 Å². The number of thiophene rings is 1. The molecule has 0 aromatic carbocycles. The molecule has 4 nitrogen and oxygen atoms in total. The maximum atomic E-state index is 12.0. The highest BCUT2D eigenvalue weighted by molar-refractivity contribution is 7.14. The third-order valence-electron chi connectivity index (χ3n) is 3.98. The normalized spacial score (nSPS) is 22.4. The van der Waals surface area contributed by atoms with Gasteiger partial charge in [-0.25, -0.2) is 0 Å². The topological polar surface area (TPSA) is 66.4 Å². The number of amides is 1. The number of carbonyl (C=O) groups is 2. The highest BCUT2D eigenvalue weighted by Gasteiger charge is 2.26. The molecule has 2 rings (SSSR count). The molecule has 1 aromatic rings. The fourth-order valence-corrected chi connectivity index (χ4v) is 3.49. The van der Waals surface area contributed by atoms with E-state index in [9.17, 15) is 9.59 Å². The minimum Gasteiger partial charge on any atom is -0.481 e. The SMILES string of the molecule is CCc1ccc(C(=O)NCC2CCC(C(=O)O)CC2)s1. The summed E-state index contributed by atoms with van der Waals surface area (Å²) in [6, 6.07) is 3.87. The van der Waals surface area contributed by atoms with Crippen LogP contribution in [-0.4, -0.2) is 23.5 Å². The molecule has 110 valence electrons. The number of rotatable bonds is 5. The summed E-state index contributed by atoms with van der Waals surface area (Å²) in [4.78, 5) is 24.9. The molecule has 1 aliphatic rings. The fraction of sp³-hybridized carbons (Fsp3) is 0.600. The Morgan fingerprint density at radius 1 is 1.30 bits per heavy atom. The predicted octanol–water partition coefficient (Wildman–Crippen LogP) is 2.93. The Balaban J connectivity index is 1.75. The van der Waals surface area contributed by atoms with Crippen LogP contribution in [0.4, 0.5) is 0 Å². The summed E-state index contributed by atoms with van der Waals surface area (Å²) in [7, 11) is 0. The Hall–Kier alpha value is -1.36. The van der Waals surface area contributed by atoms with E-state index in [2.05, 4.69) is 12.2 Å². The first-order valence-electron chi connectivity index (χ1n) is 7.19. The number of hydrogen-bond donors (Lipinski definition) is 2. The highest BCUT2D eigenvalue weighted by Crippen LogP contribution is 2.28. The van der Waals surface area contributed by atoms with Gasteiger partial charge in [0, 0.05) is 11.4 Å². The van der Waals surface area contributed by atoms with E-state index in [1.54, 1.807) is 11.3 Å². The quantitative estimate of drug-likeness (QED) is 0.877. The van der Waals surface area contributed by atoms with Gasteiger partial charge in [-0.1, -0.05) is 6.92 Å². The first-order chi connectivity index (χ1) is 9.60. The first kappa shape index (κ1) is 15.0. The van der Waals surface area contributed by atoms with Gasteiger partial charge in [0.25, 0.3) is 5.91 Å². The summed E-state index contributed by atoms with van der Waals surface area (Å²) in [5.41, 5.74) is 0. The summed E-state index contributed by atoms with van der Waals surface area (Å²) in [5, 5.41) is 11.9. The molecular weight excluding hydrogens is 274 g/mol. The first-order valence-corrected chi connectivity index (χ1v) is 8.01. The van der Waals surface area contributed by atoms with Crippen molar-refractivity contribution in [2.45, 2.75) is 39.0 Å². The second-order valence-electron chi connectivity index (χ2n) is 5.39. The highest BCUT2D eigenvalue weighted by atomic mass is 32.1. The van der Waals surface area contributed by atoms with E-state index in [1.807, 2.05) is 12.1 Å². The van der Waals surface area contributed by atoms with E-state index in [0.717, 1.165) is 37.0 Å². The van der Waals surface area contributed by atoms with Crippen LogP contribution in [0.25, 0.3) is 0 Å². The lowest BCUT2D eigenvalue weighted by Gasteiger charge is -2.26. The molecule has 1 aliphatic carbocycles. The zero-order chi connectivity index (χ0) is 14.5. The van der Waals surface area contributed by atoms with E-state index in [0.29, 0.717) is 12.5 Å². The Kier molecular flexibility index (Phi) is 5.17. The van der Waals surface area contributed by atoms with Crippen molar-refractivity contribution in [2.75, 3.05) is 6.54 Å². The lowest BCUT2D eigenvalue weighted by Crippen LogP contribution is -2.32. The Morgan fingerprint density at radius 3 is 2.55 bits per heavy atom. The van der Waals surface area contributed by atoms with Gasteiger partial charge in [0.2, 0.25) is 0 Å². The fourth-order valence-electron chi connectivity index (χ4n) is 2.63. The van der Waals surface area contributed by atoms with Crippen molar-refractivity contribution in [1.29, 1.82) is 0 Å². The molecule has 1 amide bonds. The van der Waals surface area contributed by atoms with Gasteiger partial charge in [0.15, 0.2) is 0 Å². The molecule has 0 spiro atoms. The molecule has 0 radical (unpaired) electrons.